The van der Waals surface area contributed by atoms with Crippen LogP contribution in [0.5, 0.6) is 0 Å². The molecule has 0 aliphatic heterocycles. The van der Waals surface area contributed by atoms with Crippen molar-refractivity contribution in [3.05, 3.63) is 34.9 Å². The fraction of sp³-hybridized carbons (Fsp3) is 0.417. The van der Waals surface area contributed by atoms with Crippen LogP contribution in [0.4, 0.5) is 0 Å². The van der Waals surface area contributed by atoms with Gasteiger partial charge in [-0.2, -0.15) is 0 Å². The van der Waals surface area contributed by atoms with Crippen molar-refractivity contribution < 1.29 is 4.79 Å². The molecule has 88 valence electrons. The van der Waals surface area contributed by atoms with E-state index in [0.717, 1.165) is 0 Å². The maximum absolute atomic E-state index is 12.5. The summed E-state index contributed by atoms with van der Waals surface area (Å²) in [5.41, 5.74) is 4.86. The summed E-state index contributed by atoms with van der Waals surface area (Å²) in [6, 6.07) is 6.63. The van der Waals surface area contributed by atoms with E-state index in [9.17, 15) is 4.79 Å². The third-order valence-electron chi connectivity index (χ3n) is 3.77. The smallest absolute Gasteiger partial charge is 0.145 e. The molecule has 0 spiro atoms. The van der Waals surface area contributed by atoms with Gasteiger partial charge in [-0.15, -0.1) is 0 Å². The van der Waals surface area contributed by atoms with E-state index in [1.807, 2.05) is 0 Å². The molecule has 8 radical (unpaired) electrons. The summed E-state index contributed by atoms with van der Waals surface area (Å²) in [4.78, 5) is 12.5. The van der Waals surface area contributed by atoms with Crippen LogP contribution in [0.15, 0.2) is 24.3 Å². The molecule has 2 nitrogen and oxygen atoms in total. The van der Waals surface area contributed by atoms with Crippen LogP contribution in [0.2, 0.25) is 15.5 Å². The van der Waals surface area contributed by atoms with Gasteiger partial charge < -0.3 is 5.73 Å². The Morgan fingerprint density at radius 3 is 2.26 bits per heavy atom. The Kier molecular flexibility index (Phi) is 3.47. The van der Waals surface area contributed by atoms with Crippen LogP contribution in [0.25, 0.3) is 0 Å². The summed E-state index contributed by atoms with van der Waals surface area (Å²) in [6.45, 7) is 0. The second-order valence-electron chi connectivity index (χ2n) is 5.20. The third-order valence-corrected chi connectivity index (χ3v) is 4.10. The predicted molar refractivity (Wildman–Crippen MR) is 80.0 cm³/mol. The Bertz CT molecular complexity index is 534. The zero-order valence-corrected chi connectivity index (χ0v) is 11.2. The van der Waals surface area contributed by atoms with E-state index < -0.39 is 21.7 Å². The molecule has 1 aliphatic carbocycles. The molecule has 1 unspecified atom stereocenters. The summed E-state index contributed by atoms with van der Waals surface area (Å²) in [5.74, 6) is -0.607. The van der Waals surface area contributed by atoms with Crippen molar-refractivity contribution in [1.29, 1.82) is 0 Å². The molecule has 2 rings (SSSR count). The Hall–Kier alpha value is -0.600. The summed E-state index contributed by atoms with van der Waals surface area (Å²) >= 11 is 6.11. The van der Waals surface area contributed by atoms with Gasteiger partial charge >= 0.3 is 0 Å². The van der Waals surface area contributed by atoms with Crippen LogP contribution in [0, 0.1) is 0 Å². The van der Waals surface area contributed by atoms with Crippen molar-refractivity contribution in [3.8, 4) is 0 Å². The lowest BCUT2D eigenvalue weighted by Crippen LogP contribution is -2.61. The van der Waals surface area contributed by atoms with Crippen molar-refractivity contribution in [2.24, 2.45) is 5.73 Å². The Morgan fingerprint density at radius 1 is 1.11 bits per heavy atom. The second kappa shape index (κ2) is 4.46. The first-order valence-electron chi connectivity index (χ1n) is 5.87. The maximum atomic E-state index is 12.5. The molecule has 0 saturated heterocycles. The standard InChI is InChI=1S/C12H10B4ClNO/c13-10(14)5-6-11(15,16)12(18,9(10)19)7-3-1-2-4-8(7)17/h1-4H,5-6,18H2. The van der Waals surface area contributed by atoms with E-state index >= 15 is 0 Å². The van der Waals surface area contributed by atoms with Crippen LogP contribution >= 0.6 is 11.6 Å². The average molecular weight is 263 g/mol. The van der Waals surface area contributed by atoms with Crippen LogP contribution in [0.3, 0.4) is 0 Å². The number of Topliss-reactive ketones (excluding diaryl/α,β-unsaturated/α-hetero) is 1. The summed E-state index contributed by atoms with van der Waals surface area (Å²) in [7, 11) is 23.7. The Morgan fingerprint density at radius 2 is 1.68 bits per heavy atom. The van der Waals surface area contributed by atoms with Crippen molar-refractivity contribution in [2.75, 3.05) is 0 Å². The minimum atomic E-state index is -1.72. The number of ketones is 1. The highest BCUT2D eigenvalue weighted by atomic mass is 35.5. The maximum Gasteiger partial charge on any atom is 0.145 e. The first kappa shape index (κ1) is 14.8. The number of nitrogens with two attached hydrogens (primary N) is 1. The van der Waals surface area contributed by atoms with Gasteiger partial charge in [0.15, 0.2) is 0 Å². The van der Waals surface area contributed by atoms with Crippen molar-refractivity contribution in [3.63, 3.8) is 0 Å². The summed E-state index contributed by atoms with van der Waals surface area (Å²) in [6.07, 6.45) is 0.385. The molecule has 1 aromatic carbocycles. The van der Waals surface area contributed by atoms with Gasteiger partial charge in [0.05, 0.1) is 36.9 Å². The molecule has 1 aromatic rings. The van der Waals surface area contributed by atoms with Gasteiger partial charge in [0.2, 0.25) is 0 Å². The topological polar surface area (TPSA) is 43.1 Å². The normalized spacial score (nSPS) is 29.1. The molecule has 2 N–H and O–H groups in total. The molecule has 19 heavy (non-hydrogen) atoms. The largest absolute Gasteiger partial charge is 0.316 e. The molecule has 7 heteroatoms. The van der Waals surface area contributed by atoms with Crippen molar-refractivity contribution in [2.45, 2.75) is 28.8 Å². The van der Waals surface area contributed by atoms with E-state index in [2.05, 4.69) is 0 Å². The van der Waals surface area contributed by atoms with E-state index in [1.165, 1.54) is 0 Å². The monoisotopic (exact) mass is 263 g/mol. The molecule has 1 saturated carbocycles. The highest BCUT2D eigenvalue weighted by molar-refractivity contribution is 6.55. The fourth-order valence-corrected chi connectivity index (χ4v) is 2.74. The zero-order chi connectivity index (χ0) is 14.5. The number of halogens is 1. The third kappa shape index (κ3) is 2.09. The van der Waals surface area contributed by atoms with Gasteiger partial charge in [-0.05, 0) is 16.8 Å². The minimum absolute atomic E-state index is 0.169. The summed E-state index contributed by atoms with van der Waals surface area (Å²) in [5, 5.41) is -2.72. The van der Waals surface area contributed by atoms with Crippen molar-refractivity contribution >= 4 is 48.8 Å². The fourth-order valence-electron chi connectivity index (χ4n) is 2.46. The summed E-state index contributed by atoms with van der Waals surface area (Å²) < 4.78 is 0. The van der Waals surface area contributed by atoms with Crippen LogP contribution in [0.1, 0.15) is 18.4 Å². The average Bonchev–Trinajstić information content (AvgIpc) is 2.34. The van der Waals surface area contributed by atoms with Crippen LogP contribution < -0.4 is 5.73 Å². The molecular weight excluding hydrogens is 253 g/mol. The molecule has 1 fully saturated rings. The lowest BCUT2D eigenvalue weighted by atomic mass is 9.31. The number of carbonyl (C=O) groups is 1. The number of carbonyl (C=O) groups excluding carboxylic acids is 1. The van der Waals surface area contributed by atoms with Crippen molar-refractivity contribution in [1.82, 2.24) is 0 Å². The number of rotatable bonds is 1. The molecule has 0 heterocycles. The SMILES string of the molecule is [B]C1([B])CCC([B])([B])C(N)(c2ccccc2Cl)C1=O. The zero-order valence-electron chi connectivity index (χ0n) is 10.4. The van der Waals surface area contributed by atoms with E-state index in [4.69, 9.17) is 48.7 Å². The lowest BCUT2D eigenvalue weighted by Gasteiger charge is -2.53. The number of hydrogen-bond acceptors (Lipinski definition) is 2. The van der Waals surface area contributed by atoms with E-state index in [-0.39, 0.29) is 12.8 Å². The van der Waals surface area contributed by atoms with Gasteiger partial charge in [-0.25, -0.2) is 0 Å². The molecule has 1 aliphatic rings. The molecule has 0 aromatic heterocycles. The number of hydrogen-bond donors (Lipinski definition) is 1. The van der Waals surface area contributed by atoms with E-state index in [1.54, 1.807) is 24.3 Å². The van der Waals surface area contributed by atoms with Crippen LogP contribution in [-0.2, 0) is 10.3 Å². The molecule has 0 bridgehead atoms. The second-order valence-corrected chi connectivity index (χ2v) is 5.60. The Balaban J connectivity index is 2.66. The number of benzene rings is 1. The van der Waals surface area contributed by atoms with Gasteiger partial charge in [-0.3, -0.25) is 4.79 Å². The van der Waals surface area contributed by atoms with Gasteiger partial charge in [0.25, 0.3) is 0 Å². The van der Waals surface area contributed by atoms with Crippen LogP contribution in [-0.4, -0.2) is 37.2 Å². The highest BCUT2D eigenvalue weighted by Gasteiger charge is 2.55. The van der Waals surface area contributed by atoms with E-state index in [0.29, 0.717) is 10.6 Å². The predicted octanol–water partition coefficient (Wildman–Crippen LogP) is 0.763. The van der Waals surface area contributed by atoms with Gasteiger partial charge in [-0.1, -0.05) is 47.9 Å². The first-order chi connectivity index (χ1) is 8.63. The first-order valence-corrected chi connectivity index (χ1v) is 6.25. The van der Waals surface area contributed by atoms with Gasteiger partial charge in [0, 0.05) is 5.02 Å². The lowest BCUT2D eigenvalue weighted by molar-refractivity contribution is -0.128. The minimum Gasteiger partial charge on any atom is -0.316 e. The molecule has 0 amide bonds. The van der Waals surface area contributed by atoms with Gasteiger partial charge in [0.1, 0.15) is 5.78 Å². The molecular formula is C12H10B4ClNO. The molecule has 1 atom stereocenters. The Labute approximate surface area is 123 Å². The quantitative estimate of drug-likeness (QED) is 0.760. The highest BCUT2D eigenvalue weighted by Crippen LogP contribution is 2.55.